The summed E-state index contributed by atoms with van der Waals surface area (Å²) in [6.07, 6.45) is -10.2. The average molecular weight is 498 g/mol. The van der Waals surface area contributed by atoms with Gasteiger partial charge in [-0.2, -0.15) is 31.1 Å². The van der Waals surface area contributed by atoms with E-state index in [9.17, 15) is 39.6 Å². The molecule has 13 heteroatoms. The van der Waals surface area contributed by atoms with Crippen LogP contribution >= 0.6 is 0 Å². The maximum Gasteiger partial charge on any atom is 0.416 e. The zero-order chi connectivity index (χ0) is 25.2. The number of carbonyl (C=O) groups excluding carboxylic acids is 1. The van der Waals surface area contributed by atoms with E-state index in [4.69, 9.17) is 4.74 Å². The van der Waals surface area contributed by atoms with Crippen molar-refractivity contribution >= 4 is 21.6 Å². The summed E-state index contributed by atoms with van der Waals surface area (Å²) < 4.78 is 110. The van der Waals surface area contributed by atoms with Gasteiger partial charge in [0.1, 0.15) is 5.75 Å². The number of ether oxygens (including phenoxy) is 1. The second-order valence-electron chi connectivity index (χ2n) is 6.99. The molecule has 0 heterocycles. The van der Waals surface area contributed by atoms with Crippen molar-refractivity contribution in [2.75, 3.05) is 11.9 Å². The van der Waals surface area contributed by atoms with Gasteiger partial charge in [0.25, 0.3) is 0 Å². The molecule has 1 unspecified atom stereocenters. The molecular weight excluding hydrogens is 478 g/mol. The highest BCUT2D eigenvalue weighted by molar-refractivity contribution is 7.89. The Morgan fingerprint density at radius 1 is 1.00 bits per heavy atom. The quantitative estimate of drug-likeness (QED) is 0.541. The van der Waals surface area contributed by atoms with E-state index in [0.717, 1.165) is 6.92 Å². The zero-order valence-corrected chi connectivity index (χ0v) is 18.4. The molecule has 0 aromatic heterocycles. The van der Waals surface area contributed by atoms with Gasteiger partial charge in [-0.3, -0.25) is 4.79 Å². The van der Waals surface area contributed by atoms with E-state index < -0.39 is 51.1 Å². The highest BCUT2D eigenvalue weighted by Crippen LogP contribution is 2.37. The molecule has 0 aliphatic heterocycles. The topological polar surface area (TPSA) is 84.5 Å². The SMILES string of the molecule is CCOc1ccc(S(=O)(=O)NC(C)C(=O)Nc2cc(C(F)(F)F)cc(C(F)(F)F)c2)cc1C. The normalized spacial score (nSPS) is 13.5. The third-order valence-electron chi connectivity index (χ3n) is 4.34. The standard InChI is InChI=1S/C20H20F6N2O4S/c1-4-32-17-6-5-16(7-11(17)2)33(30,31)28-12(3)18(29)27-15-9-13(19(21,22)23)8-14(10-15)20(24,25)26/h5-10,12,28H,4H2,1-3H3,(H,27,29). The molecule has 1 atom stereocenters. The molecule has 182 valence electrons. The number of rotatable bonds is 7. The van der Waals surface area contributed by atoms with Crippen molar-refractivity contribution < 1.29 is 44.3 Å². The predicted molar refractivity (Wildman–Crippen MR) is 107 cm³/mol. The maximum absolute atomic E-state index is 13.0. The molecule has 0 aliphatic rings. The van der Waals surface area contributed by atoms with Crippen LogP contribution < -0.4 is 14.8 Å². The van der Waals surface area contributed by atoms with E-state index in [1.165, 1.54) is 18.2 Å². The Morgan fingerprint density at radius 2 is 1.55 bits per heavy atom. The first-order chi connectivity index (χ1) is 15.0. The number of hydrogen-bond donors (Lipinski definition) is 2. The number of aryl methyl sites for hydroxylation is 1. The lowest BCUT2D eigenvalue weighted by Gasteiger charge is -2.17. The van der Waals surface area contributed by atoms with Gasteiger partial charge in [0.15, 0.2) is 0 Å². The smallest absolute Gasteiger partial charge is 0.416 e. The molecule has 0 saturated heterocycles. The summed E-state index contributed by atoms with van der Waals surface area (Å²) in [6, 6.07) is 2.98. The van der Waals surface area contributed by atoms with Crippen molar-refractivity contribution in [3.8, 4) is 5.75 Å². The number of nitrogens with one attached hydrogen (secondary N) is 2. The molecule has 33 heavy (non-hydrogen) atoms. The monoisotopic (exact) mass is 498 g/mol. The minimum atomic E-state index is -5.10. The Morgan fingerprint density at radius 3 is 2.00 bits per heavy atom. The molecule has 0 spiro atoms. The number of hydrogen-bond acceptors (Lipinski definition) is 4. The van der Waals surface area contributed by atoms with Crippen molar-refractivity contribution in [1.82, 2.24) is 4.72 Å². The highest BCUT2D eigenvalue weighted by atomic mass is 32.2. The van der Waals surface area contributed by atoms with E-state index in [2.05, 4.69) is 0 Å². The average Bonchev–Trinajstić information content (AvgIpc) is 2.67. The van der Waals surface area contributed by atoms with Crippen molar-refractivity contribution in [3.05, 3.63) is 53.1 Å². The lowest BCUT2D eigenvalue weighted by Crippen LogP contribution is -2.41. The number of amides is 1. The third-order valence-corrected chi connectivity index (χ3v) is 5.88. The van der Waals surface area contributed by atoms with Gasteiger partial charge in [-0.15, -0.1) is 0 Å². The van der Waals surface area contributed by atoms with Crippen LogP contribution in [0.2, 0.25) is 0 Å². The number of sulfonamides is 1. The summed E-state index contributed by atoms with van der Waals surface area (Å²) in [5.41, 5.74) is -3.53. The van der Waals surface area contributed by atoms with Crippen LogP contribution in [0.3, 0.4) is 0 Å². The molecule has 0 saturated carbocycles. The molecule has 0 aliphatic carbocycles. The molecule has 6 nitrogen and oxygen atoms in total. The summed E-state index contributed by atoms with van der Waals surface area (Å²) in [7, 11) is -4.24. The molecule has 2 N–H and O–H groups in total. The van der Waals surface area contributed by atoms with Gasteiger partial charge in [0.2, 0.25) is 15.9 Å². The molecule has 2 rings (SSSR count). The van der Waals surface area contributed by atoms with Crippen LogP contribution in [0, 0.1) is 6.92 Å². The van der Waals surface area contributed by atoms with Crippen molar-refractivity contribution in [2.45, 2.75) is 44.1 Å². The zero-order valence-electron chi connectivity index (χ0n) is 17.6. The Kier molecular flexibility index (Phi) is 7.69. The fourth-order valence-corrected chi connectivity index (χ4v) is 4.03. The number of alkyl halides is 6. The van der Waals surface area contributed by atoms with Crippen molar-refractivity contribution in [2.24, 2.45) is 0 Å². The minimum Gasteiger partial charge on any atom is -0.494 e. The Labute approximate surface area is 186 Å². The summed E-state index contributed by atoms with van der Waals surface area (Å²) in [4.78, 5) is 12.1. The third kappa shape index (κ3) is 6.84. The fourth-order valence-electron chi connectivity index (χ4n) is 2.74. The van der Waals surface area contributed by atoms with Crippen LogP contribution in [-0.2, 0) is 27.2 Å². The molecule has 2 aromatic rings. The van der Waals surface area contributed by atoms with E-state index >= 15 is 0 Å². The van der Waals surface area contributed by atoms with E-state index in [1.807, 2.05) is 10.0 Å². The first-order valence-electron chi connectivity index (χ1n) is 9.40. The predicted octanol–water partition coefficient (Wildman–Crippen LogP) is 4.74. The molecule has 0 fully saturated rings. The summed E-state index contributed by atoms with van der Waals surface area (Å²) in [5.74, 6) is -0.707. The van der Waals surface area contributed by atoms with Crippen LogP contribution in [0.5, 0.6) is 5.75 Å². The summed E-state index contributed by atoms with van der Waals surface area (Å²) in [6.45, 7) is 4.79. The number of halogens is 6. The Bertz CT molecular complexity index is 1100. The van der Waals surface area contributed by atoms with Gasteiger partial charge in [-0.1, -0.05) is 0 Å². The number of carbonyl (C=O) groups is 1. The highest BCUT2D eigenvalue weighted by Gasteiger charge is 2.37. The van der Waals surface area contributed by atoms with Crippen molar-refractivity contribution in [3.63, 3.8) is 0 Å². The largest absolute Gasteiger partial charge is 0.494 e. The lowest BCUT2D eigenvalue weighted by molar-refractivity contribution is -0.143. The van der Waals surface area contributed by atoms with E-state index in [1.54, 1.807) is 13.8 Å². The fraction of sp³-hybridized carbons (Fsp3) is 0.350. The van der Waals surface area contributed by atoms with Gasteiger partial charge < -0.3 is 10.1 Å². The van der Waals surface area contributed by atoms with Crippen molar-refractivity contribution in [1.29, 1.82) is 0 Å². The second-order valence-corrected chi connectivity index (χ2v) is 8.70. The lowest BCUT2D eigenvalue weighted by atomic mass is 10.1. The van der Waals surface area contributed by atoms with Gasteiger partial charge in [-0.05, 0) is 62.7 Å². The Hall–Kier alpha value is -2.80. The number of benzene rings is 2. The molecule has 1 amide bonds. The van der Waals surface area contributed by atoms with Crippen LogP contribution in [0.25, 0.3) is 0 Å². The molecule has 0 radical (unpaired) electrons. The van der Waals surface area contributed by atoms with Gasteiger partial charge >= 0.3 is 12.4 Å². The Balaban J connectivity index is 2.24. The first kappa shape index (κ1) is 26.5. The van der Waals surface area contributed by atoms with E-state index in [0.29, 0.717) is 30.1 Å². The minimum absolute atomic E-state index is 0.0873. The van der Waals surface area contributed by atoms with Gasteiger partial charge in [0, 0.05) is 5.69 Å². The second kappa shape index (κ2) is 9.59. The molecular formula is C20H20F6N2O4S. The van der Waals surface area contributed by atoms with Crippen LogP contribution in [-0.4, -0.2) is 27.0 Å². The van der Waals surface area contributed by atoms with Crippen LogP contribution in [0.1, 0.15) is 30.5 Å². The van der Waals surface area contributed by atoms with Gasteiger partial charge in [0.05, 0.1) is 28.7 Å². The summed E-state index contributed by atoms with van der Waals surface area (Å²) >= 11 is 0. The molecule has 0 bridgehead atoms. The van der Waals surface area contributed by atoms with Crippen LogP contribution in [0.4, 0.5) is 32.0 Å². The first-order valence-corrected chi connectivity index (χ1v) is 10.9. The summed E-state index contributed by atoms with van der Waals surface area (Å²) in [5, 5.41) is 1.89. The van der Waals surface area contributed by atoms with Crippen LogP contribution in [0.15, 0.2) is 41.3 Å². The van der Waals surface area contributed by atoms with Gasteiger partial charge in [-0.25, -0.2) is 8.42 Å². The number of anilines is 1. The maximum atomic E-state index is 13.0. The molecule has 2 aromatic carbocycles. The van der Waals surface area contributed by atoms with E-state index in [-0.39, 0.29) is 11.0 Å².